The van der Waals surface area contributed by atoms with Crippen molar-refractivity contribution in [2.75, 3.05) is 13.1 Å². The molecule has 0 spiro atoms. The van der Waals surface area contributed by atoms with E-state index in [4.69, 9.17) is 5.73 Å². The van der Waals surface area contributed by atoms with Gasteiger partial charge in [0.25, 0.3) is 10.0 Å². The maximum Gasteiger partial charge on any atom is 0.260 e. The van der Waals surface area contributed by atoms with Crippen LogP contribution >= 0.6 is 0 Å². The van der Waals surface area contributed by atoms with Crippen molar-refractivity contribution in [2.24, 2.45) is 11.1 Å². The second-order valence-corrected chi connectivity index (χ2v) is 8.38. The second-order valence-electron chi connectivity index (χ2n) is 6.49. The Labute approximate surface area is 120 Å². The fraction of sp³-hybridized carbons (Fsp3) is 0.769. The number of aromatic nitrogens is 2. The first kappa shape index (κ1) is 14.0. The standard InChI is InChI=1S/C13H22N4O2S/c1-13(2)9-16(7-5-10(13)14)20(18,19)12-8-15-11-4-3-6-17(11)12/h8,10H,3-7,9,14H2,1-2H3. The van der Waals surface area contributed by atoms with Crippen LogP contribution in [0.4, 0.5) is 0 Å². The van der Waals surface area contributed by atoms with Crippen LogP contribution in [0.5, 0.6) is 0 Å². The minimum Gasteiger partial charge on any atom is -0.327 e. The van der Waals surface area contributed by atoms with E-state index in [2.05, 4.69) is 4.98 Å². The molecule has 0 amide bonds. The second kappa shape index (κ2) is 4.54. The fourth-order valence-corrected chi connectivity index (χ4v) is 4.87. The third-order valence-corrected chi connectivity index (χ3v) is 6.41. The summed E-state index contributed by atoms with van der Waals surface area (Å²) in [5, 5.41) is 0.344. The van der Waals surface area contributed by atoms with Gasteiger partial charge in [-0.2, -0.15) is 4.31 Å². The summed E-state index contributed by atoms with van der Waals surface area (Å²) in [5.41, 5.74) is 5.89. The average Bonchev–Trinajstić information content (AvgIpc) is 2.93. The fourth-order valence-electron chi connectivity index (χ4n) is 3.10. The number of hydrogen-bond acceptors (Lipinski definition) is 4. The molecular weight excluding hydrogens is 276 g/mol. The highest BCUT2D eigenvalue weighted by molar-refractivity contribution is 7.89. The predicted octanol–water partition coefficient (Wildman–Crippen LogP) is 0.577. The molecule has 1 fully saturated rings. The third kappa shape index (κ3) is 2.08. The molecule has 6 nitrogen and oxygen atoms in total. The van der Waals surface area contributed by atoms with Gasteiger partial charge in [0.15, 0.2) is 5.03 Å². The van der Waals surface area contributed by atoms with Crippen molar-refractivity contribution in [3.8, 4) is 0 Å². The van der Waals surface area contributed by atoms with Crippen LogP contribution in [0.3, 0.4) is 0 Å². The van der Waals surface area contributed by atoms with Crippen molar-refractivity contribution in [1.29, 1.82) is 0 Å². The monoisotopic (exact) mass is 298 g/mol. The smallest absolute Gasteiger partial charge is 0.260 e. The van der Waals surface area contributed by atoms with Crippen LogP contribution in [0.25, 0.3) is 0 Å². The highest BCUT2D eigenvalue weighted by atomic mass is 32.2. The van der Waals surface area contributed by atoms with Crippen molar-refractivity contribution < 1.29 is 8.42 Å². The number of fused-ring (bicyclic) bond motifs is 1. The number of nitrogens with zero attached hydrogens (tertiary/aromatic N) is 3. The topological polar surface area (TPSA) is 81.2 Å². The molecule has 0 saturated carbocycles. The molecule has 1 atom stereocenters. The number of piperidine rings is 1. The van der Waals surface area contributed by atoms with Gasteiger partial charge in [0.1, 0.15) is 5.82 Å². The van der Waals surface area contributed by atoms with Gasteiger partial charge in [-0.05, 0) is 18.3 Å². The number of rotatable bonds is 2. The van der Waals surface area contributed by atoms with E-state index in [0.717, 1.165) is 25.2 Å². The Morgan fingerprint density at radius 1 is 1.40 bits per heavy atom. The summed E-state index contributed by atoms with van der Waals surface area (Å²) in [6.45, 7) is 5.77. The number of nitrogens with two attached hydrogens (primary N) is 1. The summed E-state index contributed by atoms with van der Waals surface area (Å²) >= 11 is 0. The quantitative estimate of drug-likeness (QED) is 0.866. The van der Waals surface area contributed by atoms with Crippen molar-refractivity contribution in [1.82, 2.24) is 13.9 Å². The molecule has 0 radical (unpaired) electrons. The van der Waals surface area contributed by atoms with Crippen LogP contribution in [-0.2, 0) is 23.0 Å². The largest absolute Gasteiger partial charge is 0.327 e. The summed E-state index contributed by atoms with van der Waals surface area (Å²) < 4.78 is 29.1. The molecule has 2 N–H and O–H groups in total. The SMILES string of the molecule is CC1(C)CN(S(=O)(=O)c2cnc3n2CCC3)CCC1N. The van der Waals surface area contributed by atoms with Crippen molar-refractivity contribution in [3.63, 3.8) is 0 Å². The molecule has 3 rings (SSSR count). The number of sulfonamides is 1. The Hall–Kier alpha value is -0.920. The number of aryl methyl sites for hydroxylation is 1. The van der Waals surface area contributed by atoms with Crippen molar-refractivity contribution in [3.05, 3.63) is 12.0 Å². The van der Waals surface area contributed by atoms with E-state index in [1.54, 1.807) is 4.31 Å². The van der Waals surface area contributed by atoms with E-state index in [1.807, 2.05) is 18.4 Å². The zero-order chi connectivity index (χ0) is 14.5. The van der Waals surface area contributed by atoms with E-state index in [0.29, 0.717) is 24.5 Å². The summed E-state index contributed by atoms with van der Waals surface area (Å²) in [6.07, 6.45) is 4.05. The van der Waals surface area contributed by atoms with E-state index in [9.17, 15) is 8.42 Å². The molecule has 0 bridgehead atoms. The zero-order valence-electron chi connectivity index (χ0n) is 12.0. The summed E-state index contributed by atoms with van der Waals surface area (Å²) in [5.74, 6) is 0.886. The Morgan fingerprint density at radius 2 is 2.15 bits per heavy atom. The Morgan fingerprint density at radius 3 is 2.85 bits per heavy atom. The summed E-state index contributed by atoms with van der Waals surface area (Å²) in [7, 11) is -3.46. The molecule has 7 heteroatoms. The normalized spacial score (nSPS) is 26.6. The molecule has 1 aromatic heterocycles. The van der Waals surface area contributed by atoms with Gasteiger partial charge in [-0.25, -0.2) is 13.4 Å². The summed E-state index contributed by atoms with van der Waals surface area (Å²) in [4.78, 5) is 4.24. The molecule has 0 aromatic carbocycles. The van der Waals surface area contributed by atoms with E-state index >= 15 is 0 Å². The number of imidazole rings is 1. The highest BCUT2D eigenvalue weighted by Crippen LogP contribution is 2.32. The molecule has 1 aromatic rings. The van der Waals surface area contributed by atoms with Gasteiger partial charge in [0.05, 0.1) is 6.20 Å². The van der Waals surface area contributed by atoms with Gasteiger partial charge in [0.2, 0.25) is 0 Å². The minimum atomic E-state index is -3.46. The van der Waals surface area contributed by atoms with Gasteiger partial charge >= 0.3 is 0 Å². The molecule has 2 aliphatic heterocycles. The lowest BCUT2D eigenvalue weighted by atomic mass is 9.81. The molecule has 1 saturated heterocycles. The lowest BCUT2D eigenvalue weighted by Crippen LogP contribution is -2.54. The van der Waals surface area contributed by atoms with Crippen LogP contribution in [0.2, 0.25) is 0 Å². The third-order valence-electron chi connectivity index (χ3n) is 4.57. The van der Waals surface area contributed by atoms with Gasteiger partial charge < -0.3 is 10.3 Å². The molecular formula is C13H22N4O2S. The van der Waals surface area contributed by atoms with Crippen molar-refractivity contribution >= 4 is 10.0 Å². The minimum absolute atomic E-state index is 0.0464. The van der Waals surface area contributed by atoms with Crippen LogP contribution in [-0.4, -0.2) is 41.4 Å². The summed E-state index contributed by atoms with van der Waals surface area (Å²) in [6, 6.07) is 0.0464. The molecule has 1 unspecified atom stereocenters. The first-order valence-corrected chi connectivity index (χ1v) is 8.56. The van der Waals surface area contributed by atoms with E-state index in [1.165, 1.54) is 6.20 Å². The highest BCUT2D eigenvalue weighted by Gasteiger charge is 2.40. The Balaban J connectivity index is 1.93. The first-order chi connectivity index (χ1) is 9.32. The average molecular weight is 298 g/mol. The lowest BCUT2D eigenvalue weighted by molar-refractivity contribution is 0.155. The van der Waals surface area contributed by atoms with Crippen LogP contribution in [0.15, 0.2) is 11.2 Å². The maximum absolute atomic E-state index is 12.8. The lowest BCUT2D eigenvalue weighted by Gasteiger charge is -2.41. The maximum atomic E-state index is 12.8. The molecule has 20 heavy (non-hydrogen) atoms. The Bertz CT molecular complexity index is 620. The van der Waals surface area contributed by atoms with E-state index < -0.39 is 10.0 Å². The van der Waals surface area contributed by atoms with Gasteiger partial charge in [-0.15, -0.1) is 0 Å². The van der Waals surface area contributed by atoms with Crippen LogP contribution in [0, 0.1) is 5.41 Å². The van der Waals surface area contributed by atoms with Gasteiger partial charge in [-0.3, -0.25) is 0 Å². The zero-order valence-corrected chi connectivity index (χ0v) is 12.9. The molecule has 3 heterocycles. The van der Waals surface area contributed by atoms with E-state index in [-0.39, 0.29) is 11.5 Å². The Kier molecular flexibility index (Phi) is 3.19. The molecule has 0 aliphatic carbocycles. The van der Waals surface area contributed by atoms with Crippen LogP contribution < -0.4 is 5.73 Å². The van der Waals surface area contributed by atoms with Gasteiger partial charge in [-0.1, -0.05) is 13.8 Å². The molecule has 112 valence electrons. The van der Waals surface area contributed by atoms with Gasteiger partial charge in [0, 0.05) is 32.1 Å². The first-order valence-electron chi connectivity index (χ1n) is 7.12. The number of hydrogen-bond donors (Lipinski definition) is 1. The predicted molar refractivity (Wildman–Crippen MR) is 75.7 cm³/mol. The molecule has 2 aliphatic rings. The van der Waals surface area contributed by atoms with Crippen molar-refractivity contribution in [2.45, 2.75) is 50.7 Å². The van der Waals surface area contributed by atoms with Crippen LogP contribution in [0.1, 0.15) is 32.5 Å².